The van der Waals surface area contributed by atoms with Crippen molar-refractivity contribution in [3.8, 4) is 0 Å². The van der Waals surface area contributed by atoms with Crippen LogP contribution < -0.4 is 15.4 Å². The molecule has 1 amide bonds. The summed E-state index contributed by atoms with van der Waals surface area (Å²) in [6.45, 7) is 1.77. The van der Waals surface area contributed by atoms with E-state index in [4.69, 9.17) is 11.6 Å². The topological polar surface area (TPSA) is 87.3 Å². The Morgan fingerprint density at radius 2 is 2.00 bits per heavy atom. The zero-order chi connectivity index (χ0) is 17.5. The van der Waals surface area contributed by atoms with Gasteiger partial charge in [0.1, 0.15) is 10.7 Å². The first-order valence-corrected chi connectivity index (χ1v) is 8.78. The van der Waals surface area contributed by atoms with Crippen LogP contribution in [0.5, 0.6) is 0 Å². The zero-order valence-electron chi connectivity index (χ0n) is 12.4. The molecule has 0 unspecified atom stereocenters. The van der Waals surface area contributed by atoms with Crippen LogP contribution in [0.1, 0.15) is 5.56 Å². The van der Waals surface area contributed by atoms with E-state index in [1.165, 1.54) is 0 Å². The average Bonchev–Trinajstić information content (AvgIpc) is 2.49. The quantitative estimate of drug-likeness (QED) is 0.758. The minimum Gasteiger partial charge on any atom is -0.360 e. The van der Waals surface area contributed by atoms with E-state index in [0.717, 1.165) is 23.8 Å². The van der Waals surface area contributed by atoms with Gasteiger partial charge in [0.2, 0.25) is 10.0 Å². The lowest BCUT2D eigenvalue weighted by Crippen LogP contribution is -2.51. The van der Waals surface area contributed by atoms with E-state index in [1.54, 1.807) is 25.1 Å². The van der Waals surface area contributed by atoms with Gasteiger partial charge in [0.05, 0.1) is 5.69 Å². The summed E-state index contributed by atoms with van der Waals surface area (Å²) in [7, 11) is -3.93. The first-order chi connectivity index (χ1) is 11.3. The summed E-state index contributed by atoms with van der Waals surface area (Å²) in [6.07, 6.45) is -1.28. The number of hydrogen-bond donors (Lipinski definition) is 3. The molecule has 1 aliphatic rings. The van der Waals surface area contributed by atoms with E-state index < -0.39 is 27.9 Å². The van der Waals surface area contributed by atoms with E-state index >= 15 is 0 Å². The second-order valence-electron chi connectivity index (χ2n) is 5.29. The number of amides is 1. The van der Waals surface area contributed by atoms with Crippen molar-refractivity contribution in [3.63, 3.8) is 0 Å². The molecule has 0 radical (unpaired) electrons. The third-order valence-corrected chi connectivity index (χ3v) is 5.24. The number of aryl methyl sites for hydroxylation is 1. The molecule has 2 aromatic carbocycles. The van der Waals surface area contributed by atoms with Crippen molar-refractivity contribution in [2.45, 2.75) is 18.0 Å². The highest BCUT2D eigenvalue weighted by Crippen LogP contribution is 2.27. The Labute approximate surface area is 143 Å². The maximum atomic E-state index is 13.3. The van der Waals surface area contributed by atoms with Gasteiger partial charge in [-0.05, 0) is 42.8 Å². The van der Waals surface area contributed by atoms with Gasteiger partial charge in [0, 0.05) is 10.7 Å². The smallest absolute Gasteiger partial charge is 0.262 e. The molecule has 1 heterocycles. The number of anilines is 2. The number of sulfonamides is 1. The SMILES string of the molecule is Cc1ccc(Cl)cc1NC(=O)[C@@H]1Nc2cc(F)ccc2S(=O)(=O)N1. The monoisotopic (exact) mass is 369 g/mol. The van der Waals surface area contributed by atoms with Gasteiger partial charge in [0.15, 0.2) is 6.17 Å². The van der Waals surface area contributed by atoms with E-state index in [0.29, 0.717) is 10.7 Å². The predicted octanol–water partition coefficient (Wildman–Crippen LogP) is 2.46. The number of rotatable bonds is 2. The molecule has 126 valence electrons. The maximum Gasteiger partial charge on any atom is 0.262 e. The highest BCUT2D eigenvalue weighted by Gasteiger charge is 2.33. The van der Waals surface area contributed by atoms with Crippen molar-refractivity contribution in [1.29, 1.82) is 0 Å². The van der Waals surface area contributed by atoms with Crippen LogP contribution in [-0.2, 0) is 14.8 Å². The van der Waals surface area contributed by atoms with Crippen LogP contribution >= 0.6 is 11.6 Å². The van der Waals surface area contributed by atoms with Crippen LogP contribution in [0.15, 0.2) is 41.3 Å². The first-order valence-electron chi connectivity index (χ1n) is 6.92. The van der Waals surface area contributed by atoms with Gasteiger partial charge in [-0.25, -0.2) is 12.8 Å². The summed E-state index contributed by atoms with van der Waals surface area (Å²) in [5.74, 6) is -1.25. The molecule has 0 saturated heterocycles. The fourth-order valence-electron chi connectivity index (χ4n) is 2.31. The van der Waals surface area contributed by atoms with Gasteiger partial charge in [-0.3, -0.25) is 4.79 Å². The van der Waals surface area contributed by atoms with Gasteiger partial charge in [0.25, 0.3) is 5.91 Å². The molecule has 1 atom stereocenters. The molecule has 0 spiro atoms. The number of halogens is 2. The normalized spacial score (nSPS) is 18.4. The lowest BCUT2D eigenvalue weighted by molar-refractivity contribution is -0.117. The molecule has 6 nitrogen and oxygen atoms in total. The van der Waals surface area contributed by atoms with Crippen molar-refractivity contribution in [2.24, 2.45) is 0 Å². The summed E-state index contributed by atoms with van der Waals surface area (Å²) in [6, 6.07) is 8.15. The minimum absolute atomic E-state index is 0.0247. The fourth-order valence-corrected chi connectivity index (χ4v) is 3.74. The molecular weight excluding hydrogens is 357 g/mol. The molecule has 3 rings (SSSR count). The van der Waals surface area contributed by atoms with Crippen molar-refractivity contribution < 1.29 is 17.6 Å². The number of fused-ring (bicyclic) bond motifs is 1. The molecule has 3 N–H and O–H groups in total. The lowest BCUT2D eigenvalue weighted by atomic mass is 10.2. The van der Waals surface area contributed by atoms with E-state index in [1.807, 2.05) is 0 Å². The second kappa shape index (κ2) is 6.04. The lowest BCUT2D eigenvalue weighted by Gasteiger charge is -2.27. The van der Waals surface area contributed by atoms with Gasteiger partial charge in [-0.2, -0.15) is 4.72 Å². The van der Waals surface area contributed by atoms with Crippen LogP contribution in [0.4, 0.5) is 15.8 Å². The minimum atomic E-state index is -3.93. The third-order valence-electron chi connectivity index (χ3n) is 3.52. The molecule has 1 aliphatic heterocycles. The molecule has 0 saturated carbocycles. The highest BCUT2D eigenvalue weighted by atomic mass is 35.5. The Hall–Kier alpha value is -2.16. The predicted molar refractivity (Wildman–Crippen MR) is 89.0 cm³/mol. The second-order valence-corrected chi connectivity index (χ2v) is 7.41. The Morgan fingerprint density at radius 3 is 2.75 bits per heavy atom. The molecule has 24 heavy (non-hydrogen) atoms. The van der Waals surface area contributed by atoms with E-state index in [9.17, 15) is 17.6 Å². The van der Waals surface area contributed by atoms with Gasteiger partial charge < -0.3 is 10.6 Å². The van der Waals surface area contributed by atoms with E-state index in [2.05, 4.69) is 15.4 Å². The highest BCUT2D eigenvalue weighted by molar-refractivity contribution is 7.89. The van der Waals surface area contributed by atoms with Crippen LogP contribution in [0.25, 0.3) is 0 Å². The summed E-state index contributed by atoms with van der Waals surface area (Å²) >= 11 is 5.90. The molecule has 0 bridgehead atoms. The number of carbonyl (C=O) groups is 1. The molecule has 0 aliphatic carbocycles. The van der Waals surface area contributed by atoms with Crippen LogP contribution in [-0.4, -0.2) is 20.5 Å². The Kier molecular flexibility index (Phi) is 4.20. The average molecular weight is 370 g/mol. The van der Waals surface area contributed by atoms with E-state index in [-0.39, 0.29) is 10.6 Å². The number of nitrogens with one attached hydrogen (secondary N) is 3. The van der Waals surface area contributed by atoms with Gasteiger partial charge in [-0.15, -0.1) is 0 Å². The Bertz CT molecular complexity index is 934. The Balaban J connectivity index is 1.88. The van der Waals surface area contributed by atoms with Crippen molar-refractivity contribution in [3.05, 3.63) is 52.8 Å². The first kappa shape index (κ1) is 16.7. The van der Waals surface area contributed by atoms with Crippen molar-refractivity contribution in [1.82, 2.24) is 4.72 Å². The van der Waals surface area contributed by atoms with Crippen molar-refractivity contribution in [2.75, 3.05) is 10.6 Å². The fraction of sp³-hybridized carbons (Fsp3) is 0.133. The summed E-state index contributed by atoms with van der Waals surface area (Å²) < 4.78 is 40.0. The summed E-state index contributed by atoms with van der Waals surface area (Å²) in [5.41, 5.74) is 1.24. The number of carbonyl (C=O) groups excluding carboxylic acids is 1. The standard InChI is InChI=1S/C15H13ClFN3O3S/c1-8-2-3-9(16)6-11(8)19-15(21)14-18-12-7-10(17)4-5-13(12)24(22,23)20-14/h2-7,14,18,20H,1H3,(H,19,21)/t14-/m1/s1. The van der Waals surface area contributed by atoms with Gasteiger partial charge >= 0.3 is 0 Å². The largest absolute Gasteiger partial charge is 0.360 e. The molecule has 9 heteroatoms. The summed E-state index contributed by atoms with van der Waals surface area (Å²) in [5, 5.41) is 5.70. The maximum absolute atomic E-state index is 13.3. The molecule has 0 aromatic heterocycles. The number of hydrogen-bond acceptors (Lipinski definition) is 4. The van der Waals surface area contributed by atoms with Crippen LogP contribution in [0.3, 0.4) is 0 Å². The molecule has 2 aromatic rings. The third kappa shape index (κ3) is 3.21. The molecule has 0 fully saturated rings. The number of benzene rings is 2. The zero-order valence-corrected chi connectivity index (χ0v) is 14.0. The Morgan fingerprint density at radius 1 is 1.25 bits per heavy atom. The van der Waals surface area contributed by atoms with Gasteiger partial charge in [-0.1, -0.05) is 17.7 Å². The van der Waals surface area contributed by atoms with Crippen LogP contribution in [0, 0.1) is 12.7 Å². The molecular formula is C15H13ClFN3O3S. The van der Waals surface area contributed by atoms with Crippen molar-refractivity contribution >= 4 is 38.9 Å². The summed E-state index contributed by atoms with van der Waals surface area (Å²) in [4.78, 5) is 12.3. The van der Waals surface area contributed by atoms with Crippen LogP contribution in [0.2, 0.25) is 5.02 Å².